The Morgan fingerprint density at radius 3 is 2.33 bits per heavy atom. The summed E-state index contributed by atoms with van der Waals surface area (Å²) in [7, 11) is 0. The van der Waals surface area contributed by atoms with Crippen LogP contribution < -0.4 is 0 Å². The second-order valence-electron chi connectivity index (χ2n) is 6.54. The van der Waals surface area contributed by atoms with Gasteiger partial charge in [0.1, 0.15) is 0 Å². The summed E-state index contributed by atoms with van der Waals surface area (Å²) in [5.74, 6) is 5.98. The molecular formula is C24H22. The van der Waals surface area contributed by atoms with Crippen LogP contribution in [0.25, 0.3) is 0 Å². The zero-order chi connectivity index (χ0) is 16.2. The average Bonchev–Trinajstić information content (AvgIpc) is 3.26. The number of benzene rings is 2. The largest absolute Gasteiger partial charge is 0.0622 e. The summed E-state index contributed by atoms with van der Waals surface area (Å²) in [4.78, 5) is 0. The van der Waals surface area contributed by atoms with Gasteiger partial charge in [0.2, 0.25) is 0 Å². The summed E-state index contributed by atoms with van der Waals surface area (Å²) in [6.45, 7) is 0. The lowest BCUT2D eigenvalue weighted by atomic mass is 9.74. The van der Waals surface area contributed by atoms with E-state index in [1.807, 2.05) is 0 Å². The second-order valence-corrected chi connectivity index (χ2v) is 6.54. The molecule has 0 heteroatoms. The lowest BCUT2D eigenvalue weighted by Gasteiger charge is -2.28. The maximum atomic E-state index is 2.38. The third-order valence-corrected chi connectivity index (χ3v) is 4.87. The SMILES string of the molecule is [CH]1[CH][C](Cc2ccccc2)[C]([C]2CCC[C]2[CH]c2ccccc2)[CH]1. The first-order valence-electron chi connectivity index (χ1n) is 8.81. The van der Waals surface area contributed by atoms with Crippen LogP contribution in [0.2, 0.25) is 0 Å². The molecule has 2 fully saturated rings. The fourth-order valence-corrected chi connectivity index (χ4v) is 3.71. The lowest BCUT2D eigenvalue weighted by Crippen LogP contribution is -2.19. The van der Waals surface area contributed by atoms with Crippen LogP contribution in [0.4, 0.5) is 0 Å². The monoisotopic (exact) mass is 310 g/mol. The van der Waals surface area contributed by atoms with Gasteiger partial charge in [-0.3, -0.25) is 0 Å². The Balaban J connectivity index is 1.44. The van der Waals surface area contributed by atoms with Gasteiger partial charge < -0.3 is 0 Å². The Morgan fingerprint density at radius 1 is 0.792 bits per heavy atom. The molecule has 0 aromatic heterocycles. The summed E-state index contributed by atoms with van der Waals surface area (Å²) in [5.41, 5.74) is 2.69. The van der Waals surface area contributed by atoms with Crippen molar-refractivity contribution in [3.63, 3.8) is 0 Å². The third kappa shape index (κ3) is 3.58. The molecule has 8 radical (unpaired) electrons. The van der Waals surface area contributed by atoms with Gasteiger partial charge in [-0.2, -0.15) is 0 Å². The van der Waals surface area contributed by atoms with E-state index in [2.05, 4.69) is 86.3 Å². The van der Waals surface area contributed by atoms with E-state index in [-0.39, 0.29) is 0 Å². The van der Waals surface area contributed by atoms with Crippen molar-refractivity contribution in [1.29, 1.82) is 0 Å². The van der Waals surface area contributed by atoms with Crippen molar-refractivity contribution in [3.05, 3.63) is 121 Å². The zero-order valence-electron chi connectivity index (χ0n) is 13.9. The van der Waals surface area contributed by atoms with Gasteiger partial charge >= 0.3 is 0 Å². The molecule has 0 amide bonds. The lowest BCUT2D eigenvalue weighted by molar-refractivity contribution is 0.843. The van der Waals surface area contributed by atoms with Crippen molar-refractivity contribution in [1.82, 2.24) is 0 Å². The van der Waals surface area contributed by atoms with E-state index in [1.54, 1.807) is 5.92 Å². The Labute approximate surface area is 147 Å². The van der Waals surface area contributed by atoms with E-state index in [9.17, 15) is 0 Å². The molecule has 2 aliphatic carbocycles. The van der Waals surface area contributed by atoms with E-state index in [4.69, 9.17) is 0 Å². The highest BCUT2D eigenvalue weighted by molar-refractivity contribution is 5.59. The van der Waals surface area contributed by atoms with Crippen molar-refractivity contribution in [3.8, 4) is 0 Å². The first-order valence-corrected chi connectivity index (χ1v) is 8.81. The molecule has 0 spiro atoms. The van der Waals surface area contributed by atoms with Gasteiger partial charge in [0.25, 0.3) is 0 Å². The van der Waals surface area contributed by atoms with Gasteiger partial charge in [0.15, 0.2) is 0 Å². The van der Waals surface area contributed by atoms with Crippen LogP contribution in [0.5, 0.6) is 0 Å². The van der Waals surface area contributed by atoms with Gasteiger partial charge in [-0.15, -0.1) is 0 Å². The molecule has 0 saturated heterocycles. The van der Waals surface area contributed by atoms with Crippen LogP contribution in [0.1, 0.15) is 30.4 Å². The minimum Gasteiger partial charge on any atom is -0.0622 e. The topological polar surface area (TPSA) is 0 Å². The minimum absolute atomic E-state index is 1.02. The molecule has 2 aliphatic rings. The highest BCUT2D eigenvalue weighted by atomic mass is 14.4. The standard InChI is InChI=1S/C24H22/c1-3-9-19(10-4-1)17-21-13-7-15-23(21)24-16-8-14-22(24)18-20-11-5-2-6-12-20/h1-7,9-13,15,18H,8,14,16-17H2. The van der Waals surface area contributed by atoms with E-state index in [0.717, 1.165) is 6.42 Å². The van der Waals surface area contributed by atoms with Gasteiger partial charge in [0.05, 0.1) is 0 Å². The summed E-state index contributed by atoms with van der Waals surface area (Å²) in [6, 6.07) is 21.5. The van der Waals surface area contributed by atoms with Crippen LogP contribution in [0.15, 0.2) is 60.7 Å². The summed E-state index contributed by atoms with van der Waals surface area (Å²) >= 11 is 0. The van der Waals surface area contributed by atoms with Gasteiger partial charge in [-0.25, -0.2) is 0 Å². The molecule has 2 saturated carbocycles. The van der Waals surface area contributed by atoms with Gasteiger partial charge in [-0.1, -0.05) is 67.1 Å². The molecule has 0 nitrogen and oxygen atoms in total. The Hall–Kier alpha value is -1.56. The molecular weight excluding hydrogens is 288 g/mol. The normalized spacial score (nSPS) is 20.8. The average molecular weight is 310 g/mol. The van der Waals surface area contributed by atoms with Crippen LogP contribution in [-0.2, 0) is 6.42 Å². The Morgan fingerprint density at radius 2 is 1.54 bits per heavy atom. The first-order chi connectivity index (χ1) is 11.9. The van der Waals surface area contributed by atoms with Crippen LogP contribution >= 0.6 is 0 Å². The highest BCUT2D eigenvalue weighted by Gasteiger charge is 2.41. The predicted octanol–water partition coefficient (Wildman–Crippen LogP) is 5.59. The summed E-state index contributed by atoms with van der Waals surface area (Å²) in [6.07, 6.45) is 13.9. The van der Waals surface area contributed by atoms with Crippen molar-refractivity contribution < 1.29 is 0 Å². The molecule has 24 heavy (non-hydrogen) atoms. The number of hydrogen-bond donors (Lipinski definition) is 0. The van der Waals surface area contributed by atoms with Crippen LogP contribution in [0, 0.1) is 49.4 Å². The maximum Gasteiger partial charge on any atom is -0.00192 e. The fraction of sp³-hybridized carbons (Fsp3) is 0.167. The molecule has 2 aromatic carbocycles. The van der Waals surface area contributed by atoms with Crippen LogP contribution in [0.3, 0.4) is 0 Å². The zero-order valence-corrected chi connectivity index (χ0v) is 13.9. The second kappa shape index (κ2) is 7.55. The molecule has 2 aromatic rings. The minimum atomic E-state index is 1.02. The van der Waals surface area contributed by atoms with Crippen LogP contribution in [-0.4, -0.2) is 0 Å². The molecule has 0 aliphatic heterocycles. The van der Waals surface area contributed by atoms with Crippen molar-refractivity contribution in [2.75, 3.05) is 0 Å². The van der Waals surface area contributed by atoms with Crippen molar-refractivity contribution >= 4 is 0 Å². The summed E-state index contributed by atoms with van der Waals surface area (Å²) in [5, 5.41) is 0. The molecule has 118 valence electrons. The Kier molecular flexibility index (Phi) is 5.02. The third-order valence-electron chi connectivity index (χ3n) is 4.87. The molecule has 0 atom stereocenters. The van der Waals surface area contributed by atoms with Crippen molar-refractivity contribution in [2.24, 2.45) is 0 Å². The van der Waals surface area contributed by atoms with E-state index >= 15 is 0 Å². The smallest absolute Gasteiger partial charge is 0.00192 e. The quantitative estimate of drug-likeness (QED) is 0.675. The number of rotatable bonds is 5. The van der Waals surface area contributed by atoms with E-state index in [0.29, 0.717) is 0 Å². The molecule has 0 bridgehead atoms. The molecule has 4 rings (SSSR count). The van der Waals surface area contributed by atoms with E-state index < -0.39 is 0 Å². The predicted molar refractivity (Wildman–Crippen MR) is 99.7 cm³/mol. The molecule has 0 heterocycles. The molecule has 0 unspecified atom stereocenters. The first kappa shape index (κ1) is 15.9. The van der Waals surface area contributed by atoms with Crippen molar-refractivity contribution in [2.45, 2.75) is 25.7 Å². The maximum absolute atomic E-state index is 2.38. The Bertz CT molecular complexity index is 558. The summed E-state index contributed by atoms with van der Waals surface area (Å²) < 4.78 is 0. The highest BCUT2D eigenvalue weighted by Crippen LogP contribution is 2.52. The number of hydrogen-bond acceptors (Lipinski definition) is 0. The molecule has 0 N–H and O–H groups in total. The van der Waals surface area contributed by atoms with Gasteiger partial charge in [0, 0.05) is 0 Å². The van der Waals surface area contributed by atoms with Gasteiger partial charge in [-0.05, 0) is 79.7 Å². The van der Waals surface area contributed by atoms with E-state index in [1.165, 1.54) is 48.1 Å². The fourth-order valence-electron chi connectivity index (χ4n) is 3.71.